The van der Waals surface area contributed by atoms with Gasteiger partial charge in [0.05, 0.1) is 6.33 Å². The Kier molecular flexibility index (Phi) is 3.23. The van der Waals surface area contributed by atoms with Crippen LogP contribution < -0.4 is 15.8 Å². The second kappa shape index (κ2) is 4.87. The number of H-pyrrole nitrogens is 1. The van der Waals surface area contributed by atoms with Gasteiger partial charge in [-0.05, 0) is 0 Å². The highest BCUT2D eigenvalue weighted by Crippen LogP contribution is 2.25. The standard InChI is InChI=1S/C11H16ClN5O/c12-9-10(14-7-15-11(9)18)17-5-8(6-17)16-3-1-13-2-4-16/h7-8,13H,1-6H2,(H,14,15,18). The Balaban J connectivity index is 1.64. The van der Waals surface area contributed by atoms with Gasteiger partial charge in [0, 0.05) is 45.3 Å². The average Bonchev–Trinajstić information content (AvgIpc) is 2.34. The molecule has 0 amide bonds. The van der Waals surface area contributed by atoms with Gasteiger partial charge in [-0.15, -0.1) is 0 Å². The molecule has 6 nitrogen and oxygen atoms in total. The molecule has 0 aliphatic carbocycles. The SMILES string of the molecule is O=c1[nH]cnc(N2CC(N3CCNCC3)C2)c1Cl. The zero-order valence-corrected chi connectivity index (χ0v) is 10.8. The van der Waals surface area contributed by atoms with Gasteiger partial charge in [-0.25, -0.2) is 4.98 Å². The van der Waals surface area contributed by atoms with Crippen LogP contribution in [0.15, 0.2) is 11.1 Å². The molecular formula is C11H16ClN5O. The molecule has 18 heavy (non-hydrogen) atoms. The molecule has 0 saturated carbocycles. The summed E-state index contributed by atoms with van der Waals surface area (Å²) in [5.41, 5.74) is -0.271. The van der Waals surface area contributed by atoms with Crippen LogP contribution in [0.4, 0.5) is 5.82 Å². The minimum atomic E-state index is -0.271. The Morgan fingerprint density at radius 1 is 1.33 bits per heavy atom. The molecule has 2 fully saturated rings. The summed E-state index contributed by atoms with van der Waals surface area (Å²) in [5, 5.41) is 3.53. The third kappa shape index (κ3) is 2.11. The maximum atomic E-state index is 11.4. The quantitative estimate of drug-likeness (QED) is 0.759. The fourth-order valence-electron chi connectivity index (χ4n) is 2.50. The van der Waals surface area contributed by atoms with E-state index in [2.05, 4.69) is 25.1 Å². The summed E-state index contributed by atoms with van der Waals surface area (Å²) in [5.74, 6) is 0.604. The lowest BCUT2D eigenvalue weighted by molar-refractivity contribution is 0.147. The van der Waals surface area contributed by atoms with E-state index >= 15 is 0 Å². The first kappa shape index (κ1) is 12.0. The summed E-state index contributed by atoms with van der Waals surface area (Å²) >= 11 is 5.96. The Labute approximate surface area is 110 Å². The van der Waals surface area contributed by atoms with E-state index in [4.69, 9.17) is 11.6 Å². The van der Waals surface area contributed by atoms with Crippen LogP contribution in [0, 0.1) is 0 Å². The van der Waals surface area contributed by atoms with Gasteiger partial charge in [0.1, 0.15) is 5.02 Å². The third-order valence-electron chi connectivity index (χ3n) is 3.61. The van der Waals surface area contributed by atoms with E-state index in [1.807, 2.05) is 0 Å². The Hall–Kier alpha value is -1.11. The van der Waals surface area contributed by atoms with E-state index < -0.39 is 0 Å². The highest BCUT2D eigenvalue weighted by Gasteiger charge is 2.34. The van der Waals surface area contributed by atoms with E-state index in [1.54, 1.807) is 0 Å². The first-order valence-electron chi connectivity index (χ1n) is 6.18. The number of rotatable bonds is 2. The maximum absolute atomic E-state index is 11.4. The smallest absolute Gasteiger partial charge is 0.271 e. The molecule has 0 radical (unpaired) electrons. The Morgan fingerprint density at radius 3 is 2.78 bits per heavy atom. The van der Waals surface area contributed by atoms with Gasteiger partial charge in [0.25, 0.3) is 5.56 Å². The largest absolute Gasteiger partial charge is 0.352 e. The molecule has 98 valence electrons. The predicted octanol–water partition coefficient (Wildman–Crippen LogP) is -0.483. The van der Waals surface area contributed by atoms with Gasteiger partial charge in [-0.2, -0.15) is 0 Å². The normalized spacial score (nSPS) is 21.9. The summed E-state index contributed by atoms with van der Waals surface area (Å²) in [6.07, 6.45) is 1.40. The van der Waals surface area contributed by atoms with E-state index in [-0.39, 0.29) is 10.6 Å². The molecule has 0 unspecified atom stereocenters. The van der Waals surface area contributed by atoms with E-state index in [1.165, 1.54) is 6.33 Å². The van der Waals surface area contributed by atoms with E-state index in [0.29, 0.717) is 11.9 Å². The van der Waals surface area contributed by atoms with Gasteiger partial charge in [-0.1, -0.05) is 11.6 Å². The number of nitrogens with one attached hydrogen (secondary N) is 2. The van der Waals surface area contributed by atoms with Crippen molar-refractivity contribution >= 4 is 17.4 Å². The molecule has 1 aromatic rings. The number of anilines is 1. The highest BCUT2D eigenvalue weighted by molar-refractivity contribution is 6.32. The van der Waals surface area contributed by atoms with E-state index in [0.717, 1.165) is 39.3 Å². The number of nitrogens with zero attached hydrogens (tertiary/aromatic N) is 3. The second-order valence-corrected chi connectivity index (χ2v) is 5.09. The molecular weight excluding hydrogens is 254 g/mol. The highest BCUT2D eigenvalue weighted by atomic mass is 35.5. The molecule has 3 rings (SSSR count). The van der Waals surface area contributed by atoms with Gasteiger partial charge < -0.3 is 15.2 Å². The van der Waals surface area contributed by atoms with Crippen LogP contribution in [0.3, 0.4) is 0 Å². The Bertz CT molecular complexity index is 479. The number of halogens is 1. The number of aromatic nitrogens is 2. The van der Waals surface area contributed by atoms with Crippen molar-refractivity contribution in [1.82, 2.24) is 20.2 Å². The second-order valence-electron chi connectivity index (χ2n) is 4.71. The lowest BCUT2D eigenvalue weighted by Gasteiger charge is -2.47. The first-order chi connectivity index (χ1) is 8.75. The van der Waals surface area contributed by atoms with E-state index in [9.17, 15) is 4.79 Å². The molecule has 3 heterocycles. The lowest BCUT2D eigenvalue weighted by Crippen LogP contribution is -2.63. The van der Waals surface area contributed by atoms with Crippen molar-refractivity contribution in [2.75, 3.05) is 44.2 Å². The summed E-state index contributed by atoms with van der Waals surface area (Å²) < 4.78 is 0. The van der Waals surface area contributed by atoms with Crippen molar-refractivity contribution in [2.24, 2.45) is 0 Å². The van der Waals surface area contributed by atoms with Crippen LogP contribution in [0.1, 0.15) is 0 Å². The fraction of sp³-hybridized carbons (Fsp3) is 0.636. The minimum absolute atomic E-state index is 0.191. The number of hydrogen-bond donors (Lipinski definition) is 2. The van der Waals surface area contributed by atoms with Crippen LogP contribution in [0.5, 0.6) is 0 Å². The van der Waals surface area contributed by atoms with Gasteiger partial charge >= 0.3 is 0 Å². The molecule has 2 N–H and O–H groups in total. The first-order valence-corrected chi connectivity index (χ1v) is 6.56. The maximum Gasteiger partial charge on any atom is 0.271 e. The van der Waals surface area contributed by atoms with Crippen LogP contribution >= 0.6 is 11.6 Å². The van der Waals surface area contributed by atoms with Gasteiger partial charge in [0.2, 0.25) is 0 Å². The third-order valence-corrected chi connectivity index (χ3v) is 3.95. The Morgan fingerprint density at radius 2 is 2.06 bits per heavy atom. The molecule has 2 aliphatic heterocycles. The molecule has 0 atom stereocenters. The van der Waals surface area contributed by atoms with Gasteiger partial charge in [0.15, 0.2) is 5.82 Å². The van der Waals surface area contributed by atoms with Crippen LogP contribution in [0.2, 0.25) is 5.02 Å². The van der Waals surface area contributed by atoms with Crippen molar-refractivity contribution in [2.45, 2.75) is 6.04 Å². The number of piperazine rings is 1. The monoisotopic (exact) mass is 269 g/mol. The zero-order chi connectivity index (χ0) is 12.5. The molecule has 0 aromatic carbocycles. The molecule has 0 bridgehead atoms. The average molecular weight is 270 g/mol. The fourth-order valence-corrected chi connectivity index (χ4v) is 2.72. The topological polar surface area (TPSA) is 64.3 Å². The van der Waals surface area contributed by atoms with Crippen molar-refractivity contribution in [3.8, 4) is 0 Å². The van der Waals surface area contributed by atoms with Gasteiger partial charge in [-0.3, -0.25) is 9.69 Å². The number of aromatic amines is 1. The summed E-state index contributed by atoms with van der Waals surface area (Å²) in [4.78, 5) is 22.6. The summed E-state index contributed by atoms with van der Waals surface area (Å²) in [6.45, 7) is 6.09. The molecule has 1 aromatic heterocycles. The van der Waals surface area contributed by atoms with Crippen molar-refractivity contribution in [3.63, 3.8) is 0 Å². The van der Waals surface area contributed by atoms with Crippen molar-refractivity contribution in [3.05, 3.63) is 21.7 Å². The van der Waals surface area contributed by atoms with Crippen LogP contribution in [0.25, 0.3) is 0 Å². The number of hydrogen-bond acceptors (Lipinski definition) is 5. The molecule has 2 saturated heterocycles. The molecule has 7 heteroatoms. The van der Waals surface area contributed by atoms with Crippen LogP contribution in [-0.2, 0) is 0 Å². The van der Waals surface area contributed by atoms with Crippen molar-refractivity contribution in [1.29, 1.82) is 0 Å². The lowest BCUT2D eigenvalue weighted by atomic mass is 10.1. The minimum Gasteiger partial charge on any atom is -0.352 e. The van der Waals surface area contributed by atoms with Crippen LogP contribution in [-0.4, -0.2) is 60.2 Å². The summed E-state index contributed by atoms with van der Waals surface area (Å²) in [6, 6.07) is 0.559. The predicted molar refractivity (Wildman–Crippen MR) is 70.3 cm³/mol. The summed E-state index contributed by atoms with van der Waals surface area (Å²) in [7, 11) is 0. The van der Waals surface area contributed by atoms with Crippen molar-refractivity contribution < 1.29 is 0 Å². The zero-order valence-electron chi connectivity index (χ0n) is 10.0. The molecule has 0 spiro atoms. The molecule has 2 aliphatic rings.